The van der Waals surface area contributed by atoms with E-state index in [0.717, 1.165) is 31.2 Å². The second-order valence-corrected chi connectivity index (χ2v) is 6.53. The van der Waals surface area contributed by atoms with E-state index >= 15 is 0 Å². The Bertz CT molecular complexity index is 510. The van der Waals surface area contributed by atoms with Crippen LogP contribution in [0.5, 0.6) is 0 Å². The van der Waals surface area contributed by atoms with Crippen LogP contribution in [-0.4, -0.2) is 61.6 Å². The minimum Gasteiger partial charge on any atom is -0.456 e. The van der Waals surface area contributed by atoms with E-state index in [9.17, 15) is 4.79 Å². The van der Waals surface area contributed by atoms with Crippen LogP contribution in [-0.2, 0) is 11.2 Å². The molecule has 2 aliphatic rings. The highest BCUT2D eigenvalue weighted by molar-refractivity contribution is 5.91. The molecule has 1 aromatic rings. The molecule has 1 saturated heterocycles. The van der Waals surface area contributed by atoms with Gasteiger partial charge in [-0.3, -0.25) is 4.79 Å². The smallest absolute Gasteiger partial charge is 0.289 e. The van der Waals surface area contributed by atoms with Crippen LogP contribution in [0.4, 0.5) is 0 Å². The summed E-state index contributed by atoms with van der Waals surface area (Å²) in [5.41, 5.74) is 0. The summed E-state index contributed by atoms with van der Waals surface area (Å²) >= 11 is 0. The molecule has 0 radical (unpaired) electrons. The summed E-state index contributed by atoms with van der Waals surface area (Å²) in [7, 11) is 2.14. The molecule has 2 fully saturated rings. The van der Waals surface area contributed by atoms with Crippen molar-refractivity contribution in [1.82, 2.24) is 9.80 Å². The van der Waals surface area contributed by atoms with Crippen molar-refractivity contribution in [3.05, 3.63) is 23.7 Å². The lowest BCUT2D eigenvalue weighted by Gasteiger charge is -2.34. The van der Waals surface area contributed by atoms with Crippen molar-refractivity contribution in [2.24, 2.45) is 5.92 Å². The fraction of sp³-hybridized carbons (Fsp3) is 0.706. The Morgan fingerprint density at radius 1 is 1.36 bits per heavy atom. The predicted octanol–water partition coefficient (Wildman–Crippen LogP) is 2.02. The van der Waals surface area contributed by atoms with Crippen molar-refractivity contribution in [3.63, 3.8) is 0 Å². The van der Waals surface area contributed by atoms with Crippen LogP contribution >= 0.6 is 0 Å². The average Bonchev–Trinajstić information content (AvgIpc) is 3.19. The normalized spacial score (nSPS) is 22.3. The Morgan fingerprint density at radius 3 is 2.86 bits per heavy atom. The standard InChI is InChI=1S/C17H26N2O3/c1-3-14-6-7-16(22-14)17(20)19-8-9-21-15(12-19)11-18(2)10-13-4-5-13/h6-7,13,15H,3-5,8-12H2,1-2H3/t15-/m1/s1. The van der Waals surface area contributed by atoms with E-state index in [1.165, 1.54) is 12.8 Å². The van der Waals surface area contributed by atoms with Gasteiger partial charge in [0.2, 0.25) is 0 Å². The van der Waals surface area contributed by atoms with Gasteiger partial charge < -0.3 is 19.0 Å². The monoisotopic (exact) mass is 306 g/mol. The first-order valence-corrected chi connectivity index (χ1v) is 8.34. The summed E-state index contributed by atoms with van der Waals surface area (Å²) in [5, 5.41) is 0. The van der Waals surface area contributed by atoms with Gasteiger partial charge in [-0.05, 0) is 37.9 Å². The molecule has 5 heteroatoms. The van der Waals surface area contributed by atoms with E-state index in [2.05, 4.69) is 11.9 Å². The van der Waals surface area contributed by atoms with Crippen LogP contribution < -0.4 is 0 Å². The number of nitrogens with zero attached hydrogens (tertiary/aromatic N) is 2. The minimum absolute atomic E-state index is 0.0159. The maximum absolute atomic E-state index is 12.5. The highest BCUT2D eigenvalue weighted by Crippen LogP contribution is 2.29. The third-order valence-electron chi connectivity index (χ3n) is 4.43. The van der Waals surface area contributed by atoms with Gasteiger partial charge >= 0.3 is 0 Å². The molecule has 1 amide bonds. The number of likely N-dealkylation sites (N-methyl/N-ethyl adjacent to an activating group) is 1. The number of morpholine rings is 1. The molecule has 2 heterocycles. The van der Waals surface area contributed by atoms with Crippen molar-refractivity contribution in [3.8, 4) is 0 Å². The molecular weight excluding hydrogens is 280 g/mol. The lowest BCUT2D eigenvalue weighted by molar-refractivity contribution is -0.0342. The summed E-state index contributed by atoms with van der Waals surface area (Å²) < 4.78 is 11.4. The zero-order chi connectivity index (χ0) is 15.5. The Morgan fingerprint density at radius 2 is 2.18 bits per heavy atom. The number of carbonyl (C=O) groups is 1. The Balaban J connectivity index is 1.53. The van der Waals surface area contributed by atoms with Gasteiger partial charge in [-0.2, -0.15) is 0 Å². The van der Waals surface area contributed by atoms with Crippen molar-refractivity contribution in [1.29, 1.82) is 0 Å². The summed E-state index contributed by atoms with van der Waals surface area (Å²) in [6.07, 6.45) is 3.63. The maximum Gasteiger partial charge on any atom is 0.289 e. The molecule has 0 unspecified atom stereocenters. The SMILES string of the molecule is CCc1ccc(C(=O)N2CCO[C@H](CN(C)CC3CC3)C2)o1. The van der Waals surface area contributed by atoms with Crippen LogP contribution in [0.3, 0.4) is 0 Å². The summed E-state index contributed by atoms with van der Waals surface area (Å²) in [4.78, 5) is 16.7. The van der Waals surface area contributed by atoms with Crippen molar-refractivity contribution in [2.45, 2.75) is 32.3 Å². The van der Waals surface area contributed by atoms with E-state index in [-0.39, 0.29) is 12.0 Å². The van der Waals surface area contributed by atoms with E-state index in [1.54, 1.807) is 6.07 Å². The molecule has 3 rings (SSSR count). The molecule has 5 nitrogen and oxygen atoms in total. The van der Waals surface area contributed by atoms with Crippen molar-refractivity contribution >= 4 is 5.91 Å². The van der Waals surface area contributed by atoms with Crippen LogP contribution in [0, 0.1) is 5.92 Å². The van der Waals surface area contributed by atoms with Gasteiger partial charge in [0.25, 0.3) is 5.91 Å². The molecule has 122 valence electrons. The summed E-state index contributed by atoms with van der Waals surface area (Å²) in [5.74, 6) is 2.17. The third kappa shape index (κ3) is 3.90. The molecule has 1 aromatic heterocycles. The predicted molar refractivity (Wildman–Crippen MR) is 84.0 cm³/mol. The van der Waals surface area contributed by atoms with Gasteiger partial charge in [-0.15, -0.1) is 0 Å². The van der Waals surface area contributed by atoms with E-state index in [0.29, 0.717) is 25.5 Å². The average molecular weight is 306 g/mol. The molecule has 0 aromatic carbocycles. The van der Waals surface area contributed by atoms with Crippen LogP contribution in [0.2, 0.25) is 0 Å². The van der Waals surface area contributed by atoms with E-state index in [1.807, 2.05) is 17.9 Å². The van der Waals surface area contributed by atoms with Crippen LogP contribution in [0.25, 0.3) is 0 Å². The van der Waals surface area contributed by atoms with Crippen molar-refractivity contribution < 1.29 is 13.9 Å². The number of hydrogen-bond acceptors (Lipinski definition) is 4. The van der Waals surface area contributed by atoms with Gasteiger partial charge in [-0.25, -0.2) is 0 Å². The second kappa shape index (κ2) is 6.84. The number of carbonyl (C=O) groups excluding carboxylic acids is 1. The first-order valence-electron chi connectivity index (χ1n) is 8.34. The highest BCUT2D eigenvalue weighted by atomic mass is 16.5. The number of amides is 1. The lowest BCUT2D eigenvalue weighted by Crippen LogP contribution is -2.49. The summed E-state index contributed by atoms with van der Waals surface area (Å²) in [6.45, 7) is 5.95. The van der Waals surface area contributed by atoms with E-state index in [4.69, 9.17) is 9.15 Å². The van der Waals surface area contributed by atoms with Crippen molar-refractivity contribution in [2.75, 3.05) is 39.8 Å². The molecule has 0 bridgehead atoms. The Kier molecular flexibility index (Phi) is 4.84. The topological polar surface area (TPSA) is 45.9 Å². The number of rotatable bonds is 6. The van der Waals surface area contributed by atoms with Crippen LogP contribution in [0.15, 0.2) is 16.5 Å². The first kappa shape index (κ1) is 15.6. The number of furan rings is 1. The molecule has 22 heavy (non-hydrogen) atoms. The summed E-state index contributed by atoms with van der Waals surface area (Å²) in [6, 6.07) is 3.67. The minimum atomic E-state index is -0.0159. The molecule has 0 N–H and O–H groups in total. The molecule has 1 aliphatic heterocycles. The highest BCUT2D eigenvalue weighted by Gasteiger charge is 2.29. The third-order valence-corrected chi connectivity index (χ3v) is 4.43. The molecule has 1 saturated carbocycles. The zero-order valence-corrected chi connectivity index (χ0v) is 13.6. The Labute approximate surface area is 132 Å². The van der Waals surface area contributed by atoms with Gasteiger partial charge in [0.05, 0.1) is 12.7 Å². The number of hydrogen-bond donors (Lipinski definition) is 0. The van der Waals surface area contributed by atoms with E-state index < -0.39 is 0 Å². The van der Waals surface area contributed by atoms with Crippen LogP contribution in [0.1, 0.15) is 36.1 Å². The number of aryl methyl sites for hydroxylation is 1. The largest absolute Gasteiger partial charge is 0.456 e. The molecule has 1 atom stereocenters. The maximum atomic E-state index is 12.5. The molecular formula is C17H26N2O3. The van der Waals surface area contributed by atoms with Gasteiger partial charge in [0.1, 0.15) is 5.76 Å². The van der Waals surface area contributed by atoms with Gasteiger partial charge in [-0.1, -0.05) is 6.92 Å². The number of ether oxygens (including phenoxy) is 1. The quantitative estimate of drug-likeness (QED) is 0.807. The van der Waals surface area contributed by atoms with Gasteiger partial charge in [0, 0.05) is 32.6 Å². The second-order valence-electron chi connectivity index (χ2n) is 6.53. The zero-order valence-electron chi connectivity index (χ0n) is 13.6. The van der Waals surface area contributed by atoms with Gasteiger partial charge in [0.15, 0.2) is 5.76 Å². The molecule has 1 aliphatic carbocycles. The first-order chi connectivity index (χ1) is 10.7. The fourth-order valence-corrected chi connectivity index (χ4v) is 3.02. The molecule has 0 spiro atoms. The lowest BCUT2D eigenvalue weighted by atomic mass is 10.2. The fourth-order valence-electron chi connectivity index (χ4n) is 3.02. The Hall–Kier alpha value is -1.33.